The summed E-state index contributed by atoms with van der Waals surface area (Å²) in [4.78, 5) is 31.5. The third-order valence-corrected chi connectivity index (χ3v) is 5.57. The fourth-order valence-corrected chi connectivity index (χ4v) is 4.07. The van der Waals surface area contributed by atoms with Gasteiger partial charge in [-0.15, -0.1) is 11.3 Å². The van der Waals surface area contributed by atoms with Gasteiger partial charge in [0.15, 0.2) is 4.96 Å². The zero-order valence-electron chi connectivity index (χ0n) is 15.9. The topological polar surface area (TPSA) is 66.6 Å². The molecule has 27 heavy (non-hydrogen) atoms. The van der Waals surface area contributed by atoms with E-state index in [2.05, 4.69) is 39.7 Å². The monoisotopic (exact) mass is 384 g/mol. The highest BCUT2D eigenvalue weighted by molar-refractivity contribution is 7.15. The molecule has 0 amide bonds. The van der Waals surface area contributed by atoms with E-state index >= 15 is 0 Å². The Bertz CT molecular complexity index is 1000. The summed E-state index contributed by atoms with van der Waals surface area (Å²) in [5, 5.41) is 1.89. The fraction of sp³-hybridized carbons (Fsp3) is 0.474. The van der Waals surface area contributed by atoms with Gasteiger partial charge in [-0.3, -0.25) is 14.1 Å². The van der Waals surface area contributed by atoms with E-state index in [1.165, 1.54) is 11.3 Å². The molecule has 3 aromatic rings. The lowest BCUT2D eigenvalue weighted by Crippen LogP contribution is -2.46. The maximum atomic E-state index is 12.1. The Labute approximate surface area is 162 Å². The Balaban J connectivity index is 1.43. The second kappa shape index (κ2) is 7.36. The first-order valence-corrected chi connectivity index (χ1v) is 10.2. The number of hydrogen-bond donors (Lipinski definition) is 0. The Hall–Kier alpha value is -2.32. The van der Waals surface area contributed by atoms with Gasteiger partial charge in [0.1, 0.15) is 11.6 Å². The summed E-state index contributed by atoms with van der Waals surface area (Å²) in [6, 6.07) is 3.71. The van der Waals surface area contributed by atoms with Crippen molar-refractivity contribution in [2.24, 2.45) is 0 Å². The quantitative estimate of drug-likeness (QED) is 0.688. The average Bonchev–Trinajstić information content (AvgIpc) is 3.11. The van der Waals surface area contributed by atoms with Crippen LogP contribution in [-0.2, 0) is 6.54 Å². The van der Waals surface area contributed by atoms with Crippen LogP contribution >= 0.6 is 11.3 Å². The van der Waals surface area contributed by atoms with E-state index in [1.54, 1.807) is 16.7 Å². The van der Waals surface area contributed by atoms with Gasteiger partial charge in [0.25, 0.3) is 5.56 Å². The lowest BCUT2D eigenvalue weighted by molar-refractivity contribution is 0.246. The van der Waals surface area contributed by atoms with Gasteiger partial charge in [-0.1, -0.05) is 13.8 Å². The number of thiazole rings is 1. The Morgan fingerprint density at radius 2 is 1.89 bits per heavy atom. The van der Waals surface area contributed by atoms with Gasteiger partial charge in [0.2, 0.25) is 0 Å². The summed E-state index contributed by atoms with van der Waals surface area (Å²) in [5.41, 5.74) is 1.85. The molecule has 3 aromatic heterocycles. The van der Waals surface area contributed by atoms with Crippen molar-refractivity contribution >= 4 is 22.1 Å². The maximum absolute atomic E-state index is 12.1. The van der Waals surface area contributed by atoms with E-state index < -0.39 is 0 Å². The van der Waals surface area contributed by atoms with Gasteiger partial charge >= 0.3 is 0 Å². The van der Waals surface area contributed by atoms with E-state index in [0.29, 0.717) is 12.5 Å². The predicted octanol–water partition coefficient (Wildman–Crippen LogP) is 2.30. The van der Waals surface area contributed by atoms with E-state index in [-0.39, 0.29) is 5.56 Å². The number of piperazine rings is 1. The predicted molar refractivity (Wildman–Crippen MR) is 108 cm³/mol. The van der Waals surface area contributed by atoms with Crippen molar-refractivity contribution in [1.82, 2.24) is 24.3 Å². The van der Waals surface area contributed by atoms with Crippen LogP contribution in [0.2, 0.25) is 0 Å². The van der Waals surface area contributed by atoms with Crippen molar-refractivity contribution in [1.29, 1.82) is 0 Å². The standard InChI is InChI=1S/C19H24N6OS/c1-13(2)18-20-14(3)10-16(22-18)24-6-4-23(5-7-24)12-15-11-17(26)25-8-9-27-19(25)21-15/h8-11,13H,4-7,12H2,1-3H3. The molecule has 0 bridgehead atoms. The van der Waals surface area contributed by atoms with Crippen LogP contribution in [0, 0.1) is 6.92 Å². The smallest absolute Gasteiger partial charge is 0.258 e. The van der Waals surface area contributed by atoms with Crippen LogP contribution in [0.25, 0.3) is 4.96 Å². The number of rotatable bonds is 4. The number of anilines is 1. The van der Waals surface area contributed by atoms with E-state index in [0.717, 1.165) is 54.2 Å². The van der Waals surface area contributed by atoms with E-state index in [1.807, 2.05) is 12.3 Å². The molecule has 0 atom stereocenters. The van der Waals surface area contributed by atoms with Gasteiger partial charge in [0, 0.05) is 68.0 Å². The highest BCUT2D eigenvalue weighted by Gasteiger charge is 2.20. The van der Waals surface area contributed by atoms with E-state index in [4.69, 9.17) is 4.98 Å². The molecule has 0 saturated carbocycles. The molecule has 1 aliphatic heterocycles. The molecule has 0 N–H and O–H groups in total. The molecule has 8 heteroatoms. The minimum Gasteiger partial charge on any atom is -0.354 e. The fourth-order valence-electron chi connectivity index (χ4n) is 3.33. The largest absolute Gasteiger partial charge is 0.354 e. The normalized spacial score (nSPS) is 15.8. The molecular weight excluding hydrogens is 360 g/mol. The lowest BCUT2D eigenvalue weighted by atomic mass is 10.2. The molecule has 0 aliphatic carbocycles. The molecule has 0 radical (unpaired) electrons. The average molecular weight is 385 g/mol. The highest BCUT2D eigenvalue weighted by atomic mass is 32.1. The number of hydrogen-bond acceptors (Lipinski definition) is 7. The van der Waals surface area contributed by atoms with Gasteiger partial charge in [-0.2, -0.15) is 0 Å². The van der Waals surface area contributed by atoms with Crippen LogP contribution < -0.4 is 10.5 Å². The molecule has 0 aromatic carbocycles. The third-order valence-electron chi connectivity index (χ3n) is 4.81. The van der Waals surface area contributed by atoms with Crippen LogP contribution in [0.3, 0.4) is 0 Å². The zero-order valence-corrected chi connectivity index (χ0v) is 16.7. The summed E-state index contributed by atoms with van der Waals surface area (Å²) in [7, 11) is 0. The summed E-state index contributed by atoms with van der Waals surface area (Å²) < 4.78 is 1.59. The van der Waals surface area contributed by atoms with Gasteiger partial charge in [-0.05, 0) is 6.92 Å². The molecule has 4 rings (SSSR count). The molecule has 4 heterocycles. The lowest BCUT2D eigenvalue weighted by Gasteiger charge is -2.35. The third kappa shape index (κ3) is 3.86. The van der Waals surface area contributed by atoms with Gasteiger partial charge in [-0.25, -0.2) is 15.0 Å². The molecule has 7 nitrogen and oxygen atoms in total. The number of aromatic nitrogens is 4. The molecular formula is C19H24N6OS. The summed E-state index contributed by atoms with van der Waals surface area (Å²) >= 11 is 1.49. The zero-order chi connectivity index (χ0) is 19.0. The summed E-state index contributed by atoms with van der Waals surface area (Å²) in [6.45, 7) is 10.6. The van der Waals surface area contributed by atoms with Crippen molar-refractivity contribution < 1.29 is 0 Å². The van der Waals surface area contributed by atoms with Crippen LogP contribution in [0.15, 0.2) is 28.5 Å². The molecule has 0 spiro atoms. The second-order valence-corrected chi connectivity index (χ2v) is 8.16. The van der Waals surface area contributed by atoms with Crippen molar-refractivity contribution in [3.05, 3.63) is 51.3 Å². The SMILES string of the molecule is Cc1cc(N2CCN(Cc3cc(=O)n4ccsc4n3)CC2)nc(C(C)C)n1. The first-order valence-electron chi connectivity index (χ1n) is 9.28. The molecule has 1 aliphatic rings. The first-order chi connectivity index (χ1) is 13.0. The molecule has 1 saturated heterocycles. The van der Waals surface area contributed by atoms with Crippen LogP contribution in [0.5, 0.6) is 0 Å². The van der Waals surface area contributed by atoms with Gasteiger partial charge in [0.05, 0.1) is 5.69 Å². The summed E-state index contributed by atoms with van der Waals surface area (Å²) in [6.07, 6.45) is 1.77. The minimum atomic E-state index is -0.00689. The minimum absolute atomic E-state index is 0.00689. The van der Waals surface area contributed by atoms with Crippen LogP contribution in [0.1, 0.15) is 37.0 Å². The Kier molecular flexibility index (Phi) is 4.92. The number of fused-ring (bicyclic) bond motifs is 1. The Morgan fingerprint density at radius 1 is 1.11 bits per heavy atom. The van der Waals surface area contributed by atoms with Crippen molar-refractivity contribution in [2.75, 3.05) is 31.1 Å². The van der Waals surface area contributed by atoms with E-state index in [9.17, 15) is 4.79 Å². The van der Waals surface area contributed by atoms with Crippen molar-refractivity contribution in [2.45, 2.75) is 33.2 Å². The molecule has 1 fully saturated rings. The van der Waals surface area contributed by atoms with Gasteiger partial charge < -0.3 is 4.90 Å². The summed E-state index contributed by atoms with van der Waals surface area (Å²) in [5.74, 6) is 2.24. The maximum Gasteiger partial charge on any atom is 0.258 e. The van der Waals surface area contributed by atoms with Crippen molar-refractivity contribution in [3.8, 4) is 0 Å². The van der Waals surface area contributed by atoms with Crippen LogP contribution in [0.4, 0.5) is 5.82 Å². The van der Waals surface area contributed by atoms with Crippen molar-refractivity contribution in [3.63, 3.8) is 0 Å². The Morgan fingerprint density at radius 3 is 2.63 bits per heavy atom. The highest BCUT2D eigenvalue weighted by Crippen LogP contribution is 2.19. The first kappa shape index (κ1) is 18.1. The number of nitrogens with zero attached hydrogens (tertiary/aromatic N) is 6. The molecule has 142 valence electrons. The second-order valence-electron chi connectivity index (χ2n) is 7.28. The number of aryl methyl sites for hydroxylation is 1. The van der Waals surface area contributed by atoms with Crippen LogP contribution in [-0.4, -0.2) is 50.4 Å². The molecule has 0 unspecified atom stereocenters.